The summed E-state index contributed by atoms with van der Waals surface area (Å²) in [5.74, 6) is 0.179. The molecule has 4 rings (SSSR count). The molecular weight excluding hydrogens is 352 g/mol. The van der Waals surface area contributed by atoms with Crippen molar-refractivity contribution < 1.29 is 4.79 Å². The number of halogens is 1. The van der Waals surface area contributed by atoms with Crippen molar-refractivity contribution in [3.8, 4) is 0 Å². The van der Waals surface area contributed by atoms with Crippen LogP contribution in [0.5, 0.6) is 0 Å². The maximum Gasteiger partial charge on any atom is 0.255 e. The van der Waals surface area contributed by atoms with E-state index in [4.69, 9.17) is 0 Å². The molecule has 2 heterocycles. The van der Waals surface area contributed by atoms with Gasteiger partial charge in [0.2, 0.25) is 0 Å². The van der Waals surface area contributed by atoms with E-state index >= 15 is 0 Å². The minimum atomic E-state index is 0.179. The number of carbonyl (C=O) groups excluding carboxylic acids is 1. The van der Waals surface area contributed by atoms with Crippen LogP contribution in [0.25, 0.3) is 0 Å². The van der Waals surface area contributed by atoms with Gasteiger partial charge in [0.25, 0.3) is 5.91 Å². The van der Waals surface area contributed by atoms with Crippen LogP contribution in [0.3, 0.4) is 0 Å². The first-order valence-electron chi connectivity index (χ1n) is 8.02. The number of hydrogen-bond acceptors (Lipinski definition) is 2. The molecule has 0 aliphatic carbocycles. The Morgan fingerprint density at radius 2 is 1.91 bits per heavy atom. The topological polar surface area (TPSA) is 23.6 Å². The van der Waals surface area contributed by atoms with Crippen LogP contribution in [0.4, 0.5) is 0 Å². The Hall–Kier alpha value is -1.65. The highest BCUT2D eigenvalue weighted by Crippen LogP contribution is 2.39. The van der Waals surface area contributed by atoms with Crippen molar-refractivity contribution in [2.75, 3.05) is 13.1 Å². The molecule has 1 saturated heterocycles. The Labute approximate surface area is 145 Å². The maximum atomic E-state index is 12.7. The summed E-state index contributed by atoms with van der Waals surface area (Å²) in [6.45, 7) is 4.92. The normalized spacial score (nSPS) is 23.7. The van der Waals surface area contributed by atoms with E-state index < -0.39 is 0 Å². The average Bonchev–Trinajstić information content (AvgIpc) is 2.81. The summed E-state index contributed by atoms with van der Waals surface area (Å²) in [4.78, 5) is 17.3. The fourth-order valence-electron chi connectivity index (χ4n) is 3.88. The van der Waals surface area contributed by atoms with E-state index in [9.17, 15) is 4.79 Å². The largest absolute Gasteiger partial charge is 0.326 e. The Morgan fingerprint density at radius 1 is 1.13 bits per heavy atom. The molecule has 4 heteroatoms. The van der Waals surface area contributed by atoms with Crippen LogP contribution in [0.1, 0.15) is 34.5 Å². The number of benzene rings is 2. The summed E-state index contributed by atoms with van der Waals surface area (Å²) >= 11 is 3.48. The zero-order chi connectivity index (χ0) is 16.0. The molecule has 0 spiro atoms. The van der Waals surface area contributed by atoms with Gasteiger partial charge in [-0.15, -0.1) is 0 Å². The fourth-order valence-corrected chi connectivity index (χ4v) is 4.24. The van der Waals surface area contributed by atoms with Crippen molar-refractivity contribution in [3.05, 3.63) is 69.7 Å². The van der Waals surface area contributed by atoms with Gasteiger partial charge in [-0.1, -0.05) is 52.3 Å². The summed E-state index contributed by atoms with van der Waals surface area (Å²) < 4.78 is 0.971. The Balaban J connectivity index is 1.62. The second kappa shape index (κ2) is 5.77. The number of hydrogen-bond donors (Lipinski definition) is 0. The quantitative estimate of drug-likeness (QED) is 0.801. The smallest absolute Gasteiger partial charge is 0.255 e. The molecule has 118 valence electrons. The second-order valence-corrected chi connectivity index (χ2v) is 7.40. The molecule has 0 radical (unpaired) electrons. The first-order valence-corrected chi connectivity index (χ1v) is 8.81. The van der Waals surface area contributed by atoms with Crippen LogP contribution in [-0.4, -0.2) is 34.8 Å². The van der Waals surface area contributed by atoms with Gasteiger partial charge in [-0.25, -0.2) is 0 Å². The van der Waals surface area contributed by atoms with Crippen molar-refractivity contribution in [2.45, 2.75) is 25.6 Å². The van der Waals surface area contributed by atoms with Crippen molar-refractivity contribution in [2.24, 2.45) is 0 Å². The summed E-state index contributed by atoms with van der Waals surface area (Å²) in [6, 6.07) is 17.1. The second-order valence-electron chi connectivity index (χ2n) is 6.49. The van der Waals surface area contributed by atoms with Crippen molar-refractivity contribution in [1.29, 1.82) is 0 Å². The number of fused-ring (bicyclic) bond motifs is 3. The number of amides is 1. The number of nitrogens with zero attached hydrogens (tertiary/aromatic N) is 2. The van der Waals surface area contributed by atoms with E-state index in [0.717, 1.165) is 29.7 Å². The van der Waals surface area contributed by atoms with Gasteiger partial charge in [-0.3, -0.25) is 9.69 Å². The van der Waals surface area contributed by atoms with Crippen LogP contribution in [0.15, 0.2) is 53.0 Å². The van der Waals surface area contributed by atoms with Crippen LogP contribution in [-0.2, 0) is 6.54 Å². The van der Waals surface area contributed by atoms with Gasteiger partial charge in [0.15, 0.2) is 0 Å². The standard InChI is InChI=1S/C19H19BrN2O/c1-13-10-21(11-14-5-3-2-4-6-14)12-18-16-8-7-15(20)9-17(16)19(23)22(13)18/h2-9,13,18H,10-12H2,1H3/t13-,18-/m1/s1. The molecule has 1 amide bonds. The van der Waals surface area contributed by atoms with E-state index in [1.807, 2.05) is 18.2 Å². The molecular formula is C19H19BrN2O. The van der Waals surface area contributed by atoms with Gasteiger partial charge >= 0.3 is 0 Å². The highest BCUT2D eigenvalue weighted by molar-refractivity contribution is 9.10. The molecule has 2 aliphatic heterocycles. The molecule has 3 nitrogen and oxygen atoms in total. The third-order valence-corrected chi connectivity index (χ3v) is 5.35. The third-order valence-electron chi connectivity index (χ3n) is 4.85. The van der Waals surface area contributed by atoms with Gasteiger partial charge in [0, 0.05) is 35.7 Å². The SMILES string of the molecule is C[C@@H]1CN(Cc2ccccc2)C[C@@H]2c3ccc(Br)cc3C(=O)N12. The number of piperazine rings is 1. The number of rotatable bonds is 2. The summed E-state index contributed by atoms with van der Waals surface area (Å²) in [5.41, 5.74) is 3.36. The van der Waals surface area contributed by atoms with Gasteiger partial charge < -0.3 is 4.90 Å². The first-order chi connectivity index (χ1) is 11.1. The lowest BCUT2D eigenvalue weighted by molar-refractivity contribution is 0.0297. The predicted molar refractivity (Wildman–Crippen MR) is 94.2 cm³/mol. The van der Waals surface area contributed by atoms with Gasteiger partial charge in [-0.2, -0.15) is 0 Å². The maximum absolute atomic E-state index is 12.7. The van der Waals surface area contributed by atoms with Crippen molar-refractivity contribution in [1.82, 2.24) is 9.80 Å². The summed E-state index contributed by atoms with van der Waals surface area (Å²) in [6.07, 6.45) is 0. The monoisotopic (exact) mass is 370 g/mol. The molecule has 2 aromatic rings. The van der Waals surface area contributed by atoms with Gasteiger partial charge in [0.1, 0.15) is 0 Å². The fraction of sp³-hybridized carbons (Fsp3) is 0.316. The predicted octanol–water partition coefficient (Wildman–Crippen LogP) is 3.85. The highest BCUT2D eigenvalue weighted by Gasteiger charge is 2.43. The molecule has 0 unspecified atom stereocenters. The first kappa shape index (κ1) is 14.9. The molecule has 0 aromatic heterocycles. The van der Waals surface area contributed by atoms with E-state index in [0.29, 0.717) is 0 Å². The molecule has 0 N–H and O–H groups in total. The van der Waals surface area contributed by atoms with E-state index in [-0.39, 0.29) is 18.0 Å². The lowest BCUT2D eigenvalue weighted by Crippen LogP contribution is -2.52. The lowest BCUT2D eigenvalue weighted by atomic mass is 10.0. The highest BCUT2D eigenvalue weighted by atomic mass is 79.9. The van der Waals surface area contributed by atoms with Crippen molar-refractivity contribution in [3.63, 3.8) is 0 Å². The molecule has 2 aromatic carbocycles. The molecule has 0 saturated carbocycles. The van der Waals surface area contributed by atoms with E-state index in [1.54, 1.807) is 0 Å². The molecule has 2 aliphatic rings. The Bertz CT molecular complexity index is 746. The third kappa shape index (κ3) is 2.60. The molecule has 23 heavy (non-hydrogen) atoms. The van der Waals surface area contributed by atoms with E-state index in [1.165, 1.54) is 11.1 Å². The van der Waals surface area contributed by atoms with Crippen LogP contribution in [0.2, 0.25) is 0 Å². The number of carbonyl (C=O) groups is 1. The minimum absolute atomic E-state index is 0.179. The van der Waals surface area contributed by atoms with Crippen LogP contribution < -0.4 is 0 Å². The summed E-state index contributed by atoms with van der Waals surface area (Å²) in [7, 11) is 0. The lowest BCUT2D eigenvalue weighted by Gasteiger charge is -2.42. The zero-order valence-electron chi connectivity index (χ0n) is 13.1. The van der Waals surface area contributed by atoms with Gasteiger partial charge in [-0.05, 0) is 30.2 Å². The molecule has 1 fully saturated rings. The van der Waals surface area contributed by atoms with Crippen LogP contribution in [0, 0.1) is 0 Å². The average molecular weight is 371 g/mol. The van der Waals surface area contributed by atoms with E-state index in [2.05, 4.69) is 63.0 Å². The summed E-state index contributed by atoms with van der Waals surface area (Å²) in [5, 5.41) is 0. The zero-order valence-corrected chi connectivity index (χ0v) is 14.7. The van der Waals surface area contributed by atoms with Crippen LogP contribution >= 0.6 is 15.9 Å². The minimum Gasteiger partial charge on any atom is -0.326 e. The molecule has 0 bridgehead atoms. The Morgan fingerprint density at radius 3 is 2.70 bits per heavy atom. The van der Waals surface area contributed by atoms with Gasteiger partial charge in [0.05, 0.1) is 6.04 Å². The molecule has 2 atom stereocenters. The Kier molecular flexibility index (Phi) is 3.74. The van der Waals surface area contributed by atoms with Crippen molar-refractivity contribution >= 4 is 21.8 Å².